The fourth-order valence-electron chi connectivity index (χ4n) is 4.18. The van der Waals surface area contributed by atoms with Crippen molar-refractivity contribution < 1.29 is 4.79 Å². The van der Waals surface area contributed by atoms with Crippen molar-refractivity contribution in [2.45, 2.75) is 65.1 Å². The summed E-state index contributed by atoms with van der Waals surface area (Å²) in [5.74, 6) is 2.69. The maximum Gasteiger partial charge on any atom is 0.273 e. The monoisotopic (exact) mass is 339 g/mol. The van der Waals surface area contributed by atoms with Gasteiger partial charge in [0.25, 0.3) is 5.91 Å². The Balaban J connectivity index is 1.64. The Morgan fingerprint density at radius 3 is 2.84 bits per heavy atom. The summed E-state index contributed by atoms with van der Waals surface area (Å²) in [6, 6.07) is 4.25. The standard InChI is InChI=1S/C19H25N5O/c1-12(2)9-16-21-22-17-10-14-6-7-15(11-23(16)17)24(14)19(25)18-13(3)5-4-8-20-18/h4-5,8,12,14-15H,6-7,9-11H2,1-3H3/t14-,15+/m0/s1. The highest BCUT2D eigenvalue weighted by Crippen LogP contribution is 2.33. The van der Waals surface area contributed by atoms with Crippen molar-refractivity contribution in [1.29, 1.82) is 0 Å². The predicted molar refractivity (Wildman–Crippen MR) is 94.2 cm³/mol. The fraction of sp³-hybridized carbons (Fsp3) is 0.579. The van der Waals surface area contributed by atoms with Crippen LogP contribution in [-0.2, 0) is 19.4 Å². The lowest BCUT2D eigenvalue weighted by Crippen LogP contribution is -2.42. The van der Waals surface area contributed by atoms with Gasteiger partial charge in [-0.2, -0.15) is 0 Å². The molecule has 4 heterocycles. The Hall–Kier alpha value is -2.24. The Morgan fingerprint density at radius 1 is 1.28 bits per heavy atom. The molecule has 1 fully saturated rings. The zero-order chi connectivity index (χ0) is 17.6. The molecule has 0 radical (unpaired) electrons. The van der Waals surface area contributed by atoms with Gasteiger partial charge in [-0.1, -0.05) is 19.9 Å². The second-order valence-electron chi connectivity index (χ2n) is 7.71. The Bertz CT molecular complexity index is 797. The molecule has 6 heteroatoms. The van der Waals surface area contributed by atoms with E-state index in [4.69, 9.17) is 0 Å². The van der Waals surface area contributed by atoms with Gasteiger partial charge in [0, 0.05) is 31.6 Å². The molecule has 1 saturated heterocycles. The summed E-state index contributed by atoms with van der Waals surface area (Å²) in [5.41, 5.74) is 1.52. The van der Waals surface area contributed by atoms with Crippen LogP contribution in [0.5, 0.6) is 0 Å². The first-order valence-electron chi connectivity index (χ1n) is 9.19. The average molecular weight is 339 g/mol. The van der Waals surface area contributed by atoms with E-state index in [2.05, 4.69) is 38.5 Å². The molecule has 4 rings (SSSR count). The minimum Gasteiger partial charge on any atom is -0.329 e. The van der Waals surface area contributed by atoms with Crippen molar-refractivity contribution in [2.75, 3.05) is 0 Å². The number of hydrogen-bond acceptors (Lipinski definition) is 4. The topological polar surface area (TPSA) is 63.9 Å². The van der Waals surface area contributed by atoms with Gasteiger partial charge in [0.2, 0.25) is 0 Å². The normalized spacial score (nSPS) is 22.2. The molecule has 2 aliphatic heterocycles. The number of aromatic nitrogens is 4. The number of rotatable bonds is 3. The van der Waals surface area contributed by atoms with Crippen LogP contribution in [0.1, 0.15) is 54.4 Å². The van der Waals surface area contributed by atoms with E-state index in [9.17, 15) is 4.79 Å². The van der Waals surface area contributed by atoms with E-state index in [1.54, 1.807) is 6.20 Å². The van der Waals surface area contributed by atoms with Gasteiger partial charge in [0.1, 0.15) is 17.3 Å². The number of carbonyl (C=O) groups excluding carboxylic acids is 1. The molecule has 2 aromatic rings. The molecule has 0 aliphatic carbocycles. The highest BCUT2D eigenvalue weighted by molar-refractivity contribution is 5.94. The summed E-state index contributed by atoms with van der Waals surface area (Å²) >= 11 is 0. The van der Waals surface area contributed by atoms with E-state index in [0.29, 0.717) is 11.6 Å². The van der Waals surface area contributed by atoms with Gasteiger partial charge in [0.05, 0.1) is 6.04 Å². The summed E-state index contributed by atoms with van der Waals surface area (Å²) in [5, 5.41) is 8.85. The van der Waals surface area contributed by atoms with Crippen molar-refractivity contribution in [2.24, 2.45) is 5.92 Å². The Morgan fingerprint density at radius 2 is 2.08 bits per heavy atom. The molecule has 132 valence electrons. The smallest absolute Gasteiger partial charge is 0.273 e. The highest BCUT2D eigenvalue weighted by Gasteiger charge is 2.42. The van der Waals surface area contributed by atoms with Gasteiger partial charge in [-0.05, 0) is 37.3 Å². The van der Waals surface area contributed by atoms with Crippen LogP contribution in [0, 0.1) is 12.8 Å². The van der Waals surface area contributed by atoms with E-state index < -0.39 is 0 Å². The van der Waals surface area contributed by atoms with Crippen molar-refractivity contribution in [1.82, 2.24) is 24.6 Å². The molecule has 25 heavy (non-hydrogen) atoms. The molecule has 2 aliphatic rings. The van der Waals surface area contributed by atoms with Crippen molar-refractivity contribution >= 4 is 5.91 Å². The Kier molecular flexibility index (Phi) is 4.06. The first-order chi connectivity index (χ1) is 12.0. The fourth-order valence-corrected chi connectivity index (χ4v) is 4.18. The Labute approximate surface area is 148 Å². The summed E-state index contributed by atoms with van der Waals surface area (Å²) in [6.45, 7) is 7.16. The van der Waals surface area contributed by atoms with Crippen LogP contribution in [0.4, 0.5) is 0 Å². The lowest BCUT2D eigenvalue weighted by molar-refractivity contribution is 0.0658. The largest absolute Gasteiger partial charge is 0.329 e. The molecule has 2 bridgehead atoms. The number of fused-ring (bicyclic) bond motifs is 3. The van der Waals surface area contributed by atoms with Gasteiger partial charge in [-0.25, -0.2) is 0 Å². The number of nitrogens with zero attached hydrogens (tertiary/aromatic N) is 5. The van der Waals surface area contributed by atoms with E-state index >= 15 is 0 Å². The maximum atomic E-state index is 13.2. The summed E-state index contributed by atoms with van der Waals surface area (Å²) in [6.07, 6.45) is 5.50. The van der Waals surface area contributed by atoms with Crippen LogP contribution in [0.3, 0.4) is 0 Å². The quantitative estimate of drug-likeness (QED) is 0.861. The maximum absolute atomic E-state index is 13.2. The molecule has 0 aromatic carbocycles. The van der Waals surface area contributed by atoms with Gasteiger partial charge in [-0.3, -0.25) is 9.78 Å². The lowest BCUT2D eigenvalue weighted by atomic mass is 10.1. The summed E-state index contributed by atoms with van der Waals surface area (Å²) in [7, 11) is 0. The summed E-state index contributed by atoms with van der Waals surface area (Å²) in [4.78, 5) is 19.6. The number of carbonyl (C=O) groups is 1. The highest BCUT2D eigenvalue weighted by atomic mass is 16.2. The molecule has 6 nitrogen and oxygen atoms in total. The van der Waals surface area contributed by atoms with Gasteiger partial charge < -0.3 is 9.47 Å². The average Bonchev–Trinajstić information content (AvgIpc) is 3.06. The molecular weight excluding hydrogens is 314 g/mol. The molecule has 2 atom stereocenters. The molecular formula is C19H25N5O. The lowest BCUT2D eigenvalue weighted by Gasteiger charge is -2.28. The van der Waals surface area contributed by atoms with Crippen LogP contribution >= 0.6 is 0 Å². The van der Waals surface area contributed by atoms with E-state index in [0.717, 1.165) is 49.4 Å². The number of pyridine rings is 1. The SMILES string of the molecule is Cc1cccnc1C(=O)N1[C@@H]2CC[C@H]1Cc1nnc(CC(C)C)n1C2. The van der Waals surface area contributed by atoms with Crippen LogP contribution in [0.25, 0.3) is 0 Å². The number of hydrogen-bond donors (Lipinski definition) is 0. The number of aryl methyl sites for hydroxylation is 1. The van der Waals surface area contributed by atoms with E-state index in [1.165, 1.54) is 0 Å². The van der Waals surface area contributed by atoms with Crippen molar-refractivity contribution in [3.8, 4) is 0 Å². The van der Waals surface area contributed by atoms with Crippen LogP contribution in [0.2, 0.25) is 0 Å². The zero-order valence-electron chi connectivity index (χ0n) is 15.1. The van der Waals surface area contributed by atoms with Gasteiger partial charge in [-0.15, -0.1) is 10.2 Å². The third-order valence-corrected chi connectivity index (χ3v) is 5.37. The molecule has 1 amide bonds. The predicted octanol–water partition coefficient (Wildman–Crippen LogP) is 2.41. The van der Waals surface area contributed by atoms with E-state index in [-0.39, 0.29) is 18.0 Å². The first kappa shape index (κ1) is 16.2. The molecule has 0 unspecified atom stereocenters. The molecule has 0 spiro atoms. The molecule has 0 N–H and O–H groups in total. The molecule has 2 aromatic heterocycles. The van der Waals surface area contributed by atoms with Gasteiger partial charge in [0.15, 0.2) is 0 Å². The third kappa shape index (κ3) is 2.83. The van der Waals surface area contributed by atoms with Crippen LogP contribution < -0.4 is 0 Å². The first-order valence-corrected chi connectivity index (χ1v) is 9.19. The van der Waals surface area contributed by atoms with E-state index in [1.807, 2.05) is 19.1 Å². The second-order valence-corrected chi connectivity index (χ2v) is 7.71. The second kappa shape index (κ2) is 6.24. The van der Waals surface area contributed by atoms with Crippen molar-refractivity contribution in [3.63, 3.8) is 0 Å². The van der Waals surface area contributed by atoms with Gasteiger partial charge >= 0.3 is 0 Å². The minimum atomic E-state index is 0.0646. The van der Waals surface area contributed by atoms with Crippen LogP contribution in [0.15, 0.2) is 18.3 Å². The summed E-state index contributed by atoms with van der Waals surface area (Å²) < 4.78 is 2.26. The minimum absolute atomic E-state index is 0.0646. The number of amides is 1. The zero-order valence-corrected chi connectivity index (χ0v) is 15.1. The van der Waals surface area contributed by atoms with Crippen molar-refractivity contribution in [3.05, 3.63) is 41.2 Å². The van der Waals surface area contributed by atoms with Crippen LogP contribution in [-0.4, -0.2) is 42.6 Å². The molecule has 0 saturated carbocycles. The third-order valence-electron chi connectivity index (χ3n) is 5.37.